The molecule has 1 aromatic carbocycles. The van der Waals surface area contributed by atoms with Crippen LogP contribution in [0.5, 0.6) is 0 Å². The summed E-state index contributed by atoms with van der Waals surface area (Å²) in [5, 5.41) is 12.2. The van der Waals surface area contributed by atoms with Gasteiger partial charge in [0.2, 0.25) is 0 Å². The van der Waals surface area contributed by atoms with Gasteiger partial charge in [-0.2, -0.15) is 4.31 Å². The van der Waals surface area contributed by atoms with Crippen LogP contribution in [0.1, 0.15) is 82.1 Å². The van der Waals surface area contributed by atoms with Crippen LogP contribution in [0.25, 0.3) is 0 Å². The highest BCUT2D eigenvalue weighted by atomic mass is 32.2. The van der Waals surface area contributed by atoms with E-state index >= 15 is 0 Å². The zero-order valence-corrected chi connectivity index (χ0v) is 32.0. The molecule has 1 aromatic rings. The fraction of sp³-hybridized carbons (Fsp3) is 0.636. The molecule has 1 fully saturated rings. The molecule has 0 amide bonds. The van der Waals surface area contributed by atoms with Gasteiger partial charge < -0.3 is 33.2 Å². The first kappa shape index (κ1) is 44.5. The predicted octanol–water partition coefficient (Wildman–Crippen LogP) is 2.50. The highest BCUT2D eigenvalue weighted by Crippen LogP contribution is 2.38. The van der Waals surface area contributed by atoms with Crippen LogP contribution in [-0.4, -0.2) is 108 Å². The maximum atomic E-state index is 14.9. The maximum absolute atomic E-state index is 14.9. The number of carbonyl (C=O) groups is 6. The molecule has 20 heteroatoms. The summed E-state index contributed by atoms with van der Waals surface area (Å²) in [6, 6.07) is 1.98. The smallest absolute Gasteiger partial charge is 0.325 e. The zero-order chi connectivity index (χ0) is 40.6. The lowest BCUT2D eigenvalue weighted by atomic mass is 9.96. The molecule has 1 aliphatic heterocycles. The third-order valence-corrected chi connectivity index (χ3v) is 8.78. The van der Waals surface area contributed by atoms with Gasteiger partial charge in [-0.1, -0.05) is 12.1 Å². The van der Waals surface area contributed by atoms with Gasteiger partial charge in [0, 0.05) is 40.2 Å². The Morgan fingerprint density at radius 2 is 1.32 bits per heavy atom. The highest BCUT2D eigenvalue weighted by Gasteiger charge is 2.58. The first-order valence-corrected chi connectivity index (χ1v) is 17.7. The van der Waals surface area contributed by atoms with Gasteiger partial charge in [0.25, 0.3) is 15.7 Å². The SMILES string of the molecule is CC(=O)OC[C@H]1O[C@@H](N([C@@H](CCC(=O)OC(C)(C)C)C(=O)OC(C)(C)C)S(=O)(=O)c2ccccc2[N+](=O)[O-])[C@H](OC(C)=O)[C@@H](OC(C)=O)[C@@H]1OC(C)=O. The lowest BCUT2D eigenvalue weighted by Crippen LogP contribution is -2.68. The van der Waals surface area contributed by atoms with Crippen molar-refractivity contribution in [2.45, 2.75) is 135 Å². The van der Waals surface area contributed by atoms with Crippen LogP contribution in [0.2, 0.25) is 0 Å². The quantitative estimate of drug-likeness (QED) is 0.114. The van der Waals surface area contributed by atoms with Gasteiger partial charge >= 0.3 is 35.8 Å². The second kappa shape index (κ2) is 17.9. The van der Waals surface area contributed by atoms with Gasteiger partial charge in [-0.05, 0) is 54.0 Å². The van der Waals surface area contributed by atoms with Crippen molar-refractivity contribution in [1.29, 1.82) is 0 Å². The van der Waals surface area contributed by atoms with Crippen molar-refractivity contribution in [2.24, 2.45) is 0 Å². The Hall–Kier alpha value is -4.69. The summed E-state index contributed by atoms with van der Waals surface area (Å²) in [7, 11) is -5.41. The average molecular weight is 775 g/mol. The largest absolute Gasteiger partial charge is 0.463 e. The van der Waals surface area contributed by atoms with Crippen LogP contribution in [-0.2, 0) is 71.9 Å². The number of sulfonamides is 1. The molecule has 0 radical (unpaired) electrons. The highest BCUT2D eigenvalue weighted by molar-refractivity contribution is 7.89. The number of hydrogen-bond donors (Lipinski definition) is 0. The number of nitro benzene ring substituents is 1. The number of ether oxygens (including phenoxy) is 7. The minimum atomic E-state index is -5.41. The van der Waals surface area contributed by atoms with Crippen molar-refractivity contribution >= 4 is 51.5 Å². The zero-order valence-electron chi connectivity index (χ0n) is 31.1. The number of rotatable bonds is 14. The molecule has 0 aliphatic carbocycles. The molecule has 0 saturated carbocycles. The van der Waals surface area contributed by atoms with E-state index in [0.717, 1.165) is 45.9 Å². The predicted molar refractivity (Wildman–Crippen MR) is 179 cm³/mol. The van der Waals surface area contributed by atoms with Gasteiger partial charge in [0.05, 0.1) is 4.92 Å². The molecular weight excluding hydrogens is 728 g/mol. The lowest BCUT2D eigenvalue weighted by Gasteiger charge is -2.48. The van der Waals surface area contributed by atoms with Crippen molar-refractivity contribution in [3.8, 4) is 0 Å². The summed E-state index contributed by atoms with van der Waals surface area (Å²) in [5.41, 5.74) is -3.23. The van der Waals surface area contributed by atoms with Gasteiger partial charge in [-0.3, -0.25) is 38.9 Å². The monoisotopic (exact) mass is 774 g/mol. The van der Waals surface area contributed by atoms with Crippen molar-refractivity contribution in [3.05, 3.63) is 34.4 Å². The molecule has 296 valence electrons. The number of nitrogens with zero attached hydrogens (tertiary/aromatic N) is 2. The van der Waals surface area contributed by atoms with Crippen molar-refractivity contribution in [2.75, 3.05) is 6.61 Å². The van der Waals surface area contributed by atoms with Gasteiger partial charge in [-0.15, -0.1) is 0 Å². The second-order valence-electron chi connectivity index (χ2n) is 13.8. The Morgan fingerprint density at radius 1 is 0.811 bits per heavy atom. The lowest BCUT2D eigenvalue weighted by molar-refractivity contribution is -0.387. The summed E-state index contributed by atoms with van der Waals surface area (Å²) >= 11 is 0. The van der Waals surface area contributed by atoms with Gasteiger partial charge in [0.1, 0.15) is 30.0 Å². The van der Waals surface area contributed by atoms with Crippen LogP contribution in [0.15, 0.2) is 29.2 Å². The molecular formula is C33H46N2O17S. The Kier molecular flexibility index (Phi) is 15.0. The average Bonchev–Trinajstić information content (AvgIpc) is 2.98. The first-order valence-electron chi connectivity index (χ1n) is 16.3. The third-order valence-electron chi connectivity index (χ3n) is 6.86. The number of carbonyl (C=O) groups excluding carboxylic acids is 6. The summed E-state index contributed by atoms with van der Waals surface area (Å²) in [5.74, 6) is -6.15. The van der Waals surface area contributed by atoms with E-state index in [9.17, 15) is 47.3 Å². The van der Waals surface area contributed by atoms with Crippen LogP contribution < -0.4 is 0 Å². The van der Waals surface area contributed by atoms with Gasteiger partial charge in [0.15, 0.2) is 29.4 Å². The molecule has 1 aliphatic rings. The Bertz CT molecular complexity index is 1660. The maximum Gasteiger partial charge on any atom is 0.325 e. The van der Waals surface area contributed by atoms with E-state index in [0.29, 0.717) is 4.31 Å². The van der Waals surface area contributed by atoms with Crippen molar-refractivity contribution in [3.63, 3.8) is 0 Å². The minimum Gasteiger partial charge on any atom is -0.463 e. The molecule has 0 aromatic heterocycles. The topological polar surface area (TPSA) is 248 Å². The molecule has 2 rings (SSSR count). The number of nitro groups is 1. The molecule has 1 saturated heterocycles. The van der Waals surface area contributed by atoms with E-state index in [1.54, 1.807) is 20.8 Å². The molecule has 6 atom stereocenters. The summed E-state index contributed by atoms with van der Waals surface area (Å²) < 4.78 is 68.7. The Balaban J connectivity index is 3.10. The summed E-state index contributed by atoms with van der Waals surface area (Å²) in [6.45, 7) is 12.2. The molecule has 0 spiro atoms. The molecule has 0 bridgehead atoms. The normalized spacial score (nSPS) is 21.1. The Morgan fingerprint density at radius 3 is 1.81 bits per heavy atom. The van der Waals surface area contributed by atoms with Crippen molar-refractivity contribution < 1.29 is 75.3 Å². The Labute approximate surface area is 306 Å². The fourth-order valence-electron chi connectivity index (χ4n) is 5.20. The number of benzene rings is 1. The van der Waals surface area contributed by atoms with E-state index in [4.69, 9.17) is 33.2 Å². The van der Waals surface area contributed by atoms with E-state index in [2.05, 4.69) is 0 Å². The summed E-state index contributed by atoms with van der Waals surface area (Å²) in [4.78, 5) is 86.6. The second-order valence-corrected chi connectivity index (χ2v) is 15.6. The molecule has 0 N–H and O–H groups in total. The van der Waals surface area contributed by atoms with Crippen LogP contribution in [0.3, 0.4) is 0 Å². The van der Waals surface area contributed by atoms with Crippen molar-refractivity contribution in [1.82, 2.24) is 4.31 Å². The van der Waals surface area contributed by atoms with Crippen LogP contribution in [0, 0.1) is 10.1 Å². The van der Waals surface area contributed by atoms with E-state index < -0.39 is 129 Å². The standard InChI is InChI=1S/C33H46N2O17S/c1-18(36)46-17-24-27(47-19(2)37)28(48-20(3)38)29(49-21(4)39)30(50-24)34(53(44,45)25-14-12-11-13-22(25)35(42)43)23(31(41)52-33(8,9)10)15-16-26(40)51-32(5,6)7/h11-14,23-24,27-30H,15-17H2,1-10H3/t23-,24+,27+,28-,29+,30+/m0/s1. The van der Waals surface area contributed by atoms with Gasteiger partial charge in [-0.25, -0.2) is 8.42 Å². The van der Waals surface area contributed by atoms with E-state index in [1.165, 1.54) is 26.8 Å². The van der Waals surface area contributed by atoms with Crippen LogP contribution >= 0.6 is 0 Å². The number of esters is 6. The fourth-order valence-corrected chi connectivity index (χ4v) is 7.05. The van der Waals surface area contributed by atoms with Crippen LogP contribution in [0.4, 0.5) is 5.69 Å². The molecule has 1 heterocycles. The third kappa shape index (κ3) is 13.0. The van der Waals surface area contributed by atoms with E-state index in [-0.39, 0.29) is 0 Å². The number of hydrogen-bond acceptors (Lipinski definition) is 17. The summed E-state index contributed by atoms with van der Waals surface area (Å²) in [6.07, 6.45) is -11.0. The molecule has 19 nitrogen and oxygen atoms in total. The molecule has 0 unspecified atom stereocenters. The minimum absolute atomic E-state index is 0.308. The first-order chi connectivity index (χ1) is 24.2. The number of para-hydroxylation sites is 1. The van der Waals surface area contributed by atoms with E-state index in [1.807, 2.05) is 0 Å². The molecule has 53 heavy (non-hydrogen) atoms.